The third kappa shape index (κ3) is 1.55. The maximum atomic E-state index is 8.53. The Labute approximate surface area is 78.0 Å². The first-order valence-electron chi connectivity index (χ1n) is 3.30. The Morgan fingerprint density at radius 2 is 2.40 bits per heavy atom. The van der Waals surface area contributed by atoms with Crippen LogP contribution in [0, 0.1) is 11.3 Å². The zero-order valence-corrected chi connectivity index (χ0v) is 7.82. The van der Waals surface area contributed by atoms with Crippen LogP contribution >= 0.6 is 31.9 Å². The molecule has 4 heteroatoms. The molecule has 1 aromatic rings. The number of nitrogens with zero attached hydrogens (tertiary/aromatic N) is 2. The van der Waals surface area contributed by atoms with Gasteiger partial charge in [-0.15, -0.1) is 0 Å². The maximum absolute atomic E-state index is 8.53. The molecule has 1 heterocycles. The van der Waals surface area contributed by atoms with Gasteiger partial charge in [-0.05, 0) is 37.9 Å². The summed E-state index contributed by atoms with van der Waals surface area (Å²) >= 11 is 6.06. The van der Waals surface area contributed by atoms with Crippen LogP contribution in [0.5, 0.6) is 0 Å². The summed E-state index contributed by atoms with van der Waals surface area (Å²) in [6.45, 7) is 0. The highest BCUT2D eigenvalue weighted by Gasteiger charge is 1.98. The number of hydrogen-bond acceptors (Lipinski definition) is 2. The summed E-state index contributed by atoms with van der Waals surface area (Å²) in [5, 5.41) is 8.53. The highest BCUT2D eigenvalue weighted by atomic mass is 79.9. The molecule has 0 aliphatic carbocycles. The third-order valence-corrected chi connectivity index (χ3v) is 1.75. The summed E-state index contributed by atoms with van der Waals surface area (Å²) in [6.07, 6.45) is -0.0975. The summed E-state index contributed by atoms with van der Waals surface area (Å²) in [4.78, 5) is 3.64. The van der Waals surface area contributed by atoms with Crippen LogP contribution in [-0.2, 0) is 0 Å². The molecule has 2 nitrogen and oxygen atoms in total. The minimum absolute atomic E-state index is 0.0631. The molecule has 0 unspecified atom stereocenters. The van der Waals surface area contributed by atoms with Crippen LogP contribution in [-0.4, -0.2) is 4.98 Å². The fraction of sp³-hybridized carbons (Fsp3) is 0. The van der Waals surface area contributed by atoms with E-state index < -0.39 is 0 Å². The lowest BCUT2D eigenvalue weighted by molar-refractivity contribution is 1.23. The van der Waals surface area contributed by atoms with Gasteiger partial charge in [0.1, 0.15) is 6.07 Å². The molecule has 1 aromatic heterocycles. The average Bonchev–Trinajstić information content (AvgIpc) is 2.08. The Bertz CT molecular complexity index is 373. The maximum Gasteiger partial charge on any atom is 0.154 e. The fourth-order valence-electron chi connectivity index (χ4n) is 0.412. The minimum Gasteiger partial charge on any atom is -0.243 e. The molecule has 50 valence electrons. The summed E-state index contributed by atoms with van der Waals surface area (Å²) in [5.41, 5.74) is 0.0631. The number of pyridine rings is 1. The lowest BCUT2D eigenvalue weighted by Crippen LogP contribution is -1.82. The molecule has 0 aliphatic rings. The molecule has 1 rings (SSSR count). The Balaban J connectivity index is 3.52. The molecule has 0 radical (unpaired) electrons. The summed E-state index contributed by atoms with van der Waals surface area (Å²) in [6, 6.07) is 1.86. The van der Waals surface area contributed by atoms with Crippen LogP contribution in [0.25, 0.3) is 0 Å². The molecule has 10 heavy (non-hydrogen) atoms. The Hall–Kier alpha value is -0.400. The summed E-state index contributed by atoms with van der Waals surface area (Å²) in [5.74, 6) is 0. The van der Waals surface area contributed by atoms with E-state index in [9.17, 15) is 0 Å². The van der Waals surface area contributed by atoms with E-state index in [1.165, 1.54) is 0 Å². The number of aromatic nitrogens is 1. The topological polar surface area (TPSA) is 36.7 Å². The molecular weight excluding hydrogens is 260 g/mol. The number of nitriles is 1. The van der Waals surface area contributed by atoms with Gasteiger partial charge in [0.25, 0.3) is 0 Å². The van der Waals surface area contributed by atoms with Crippen LogP contribution in [0.1, 0.15) is 8.44 Å². The van der Waals surface area contributed by atoms with Gasteiger partial charge < -0.3 is 0 Å². The van der Waals surface area contributed by atoms with Crippen molar-refractivity contribution < 1.29 is 2.74 Å². The standard InChI is InChI=1S/C6H2Br2N2/c7-4-1-5(8)6(2-9)10-3-4/h1,3H/i1D,3D. The van der Waals surface area contributed by atoms with Crippen LogP contribution < -0.4 is 0 Å². The zero-order valence-electron chi connectivity index (χ0n) is 6.65. The molecule has 0 aliphatic heterocycles. The van der Waals surface area contributed by atoms with E-state index in [1.807, 2.05) is 0 Å². The highest BCUT2D eigenvalue weighted by Crippen LogP contribution is 2.18. The SMILES string of the molecule is [2H]c1nc(C#N)c(Br)c([2H])c1Br. The molecule has 0 N–H and O–H groups in total. The first-order valence-corrected chi connectivity index (χ1v) is 3.88. The second kappa shape index (κ2) is 3.13. The predicted molar refractivity (Wildman–Crippen MR) is 44.4 cm³/mol. The Morgan fingerprint density at radius 1 is 1.70 bits per heavy atom. The van der Waals surface area contributed by atoms with Crippen molar-refractivity contribution in [2.45, 2.75) is 0 Å². The lowest BCUT2D eigenvalue weighted by atomic mass is 10.4. The van der Waals surface area contributed by atoms with Crippen molar-refractivity contribution in [3.05, 3.63) is 26.9 Å². The van der Waals surface area contributed by atoms with E-state index in [-0.39, 0.29) is 22.4 Å². The Morgan fingerprint density at radius 3 is 3.00 bits per heavy atom. The summed E-state index contributed by atoms with van der Waals surface area (Å²) < 4.78 is 15.3. The molecule has 0 fully saturated rings. The van der Waals surface area contributed by atoms with Crippen molar-refractivity contribution in [1.82, 2.24) is 4.98 Å². The van der Waals surface area contributed by atoms with Crippen molar-refractivity contribution in [1.29, 1.82) is 5.26 Å². The van der Waals surface area contributed by atoms with Gasteiger partial charge in [-0.2, -0.15) is 5.26 Å². The monoisotopic (exact) mass is 262 g/mol. The minimum atomic E-state index is -0.0975. The van der Waals surface area contributed by atoms with Gasteiger partial charge in [0, 0.05) is 10.6 Å². The van der Waals surface area contributed by atoms with Gasteiger partial charge in [-0.3, -0.25) is 0 Å². The van der Waals surface area contributed by atoms with E-state index in [1.54, 1.807) is 6.07 Å². The number of rotatable bonds is 0. The van der Waals surface area contributed by atoms with E-state index in [0.717, 1.165) is 0 Å². The molecule has 0 saturated carbocycles. The second-order valence-corrected chi connectivity index (χ2v) is 3.02. The van der Waals surface area contributed by atoms with E-state index in [0.29, 0.717) is 4.47 Å². The van der Waals surface area contributed by atoms with Crippen molar-refractivity contribution >= 4 is 31.9 Å². The van der Waals surface area contributed by atoms with Crippen molar-refractivity contribution in [3.8, 4) is 6.07 Å². The van der Waals surface area contributed by atoms with E-state index in [2.05, 4.69) is 36.8 Å². The predicted octanol–water partition coefficient (Wildman–Crippen LogP) is 2.48. The molecular formula is C6H2Br2N2. The third-order valence-electron chi connectivity index (χ3n) is 0.799. The van der Waals surface area contributed by atoms with Gasteiger partial charge in [0.15, 0.2) is 5.69 Å². The van der Waals surface area contributed by atoms with Crippen molar-refractivity contribution in [2.24, 2.45) is 0 Å². The normalized spacial score (nSPS) is 11.7. The molecule has 0 atom stereocenters. The van der Waals surface area contributed by atoms with Crippen molar-refractivity contribution in [3.63, 3.8) is 0 Å². The molecule has 0 saturated heterocycles. The first-order chi connectivity index (χ1) is 5.57. The number of halogens is 2. The molecule has 0 aromatic carbocycles. The Kier molecular flexibility index (Phi) is 1.65. The van der Waals surface area contributed by atoms with Gasteiger partial charge in [-0.25, -0.2) is 4.98 Å². The molecule has 0 bridgehead atoms. The molecule has 0 spiro atoms. The fourth-order valence-corrected chi connectivity index (χ4v) is 1.34. The quantitative estimate of drug-likeness (QED) is 0.721. The van der Waals surface area contributed by atoms with E-state index in [4.69, 9.17) is 8.00 Å². The highest BCUT2D eigenvalue weighted by molar-refractivity contribution is 9.11. The van der Waals surface area contributed by atoms with E-state index >= 15 is 0 Å². The van der Waals surface area contributed by atoms with Gasteiger partial charge >= 0.3 is 0 Å². The second-order valence-electron chi connectivity index (χ2n) is 1.44. The van der Waals surface area contributed by atoms with Gasteiger partial charge in [0.2, 0.25) is 0 Å². The van der Waals surface area contributed by atoms with Crippen LogP contribution in [0.4, 0.5) is 0 Å². The average molecular weight is 264 g/mol. The summed E-state index contributed by atoms with van der Waals surface area (Å²) in [7, 11) is 0. The van der Waals surface area contributed by atoms with Crippen molar-refractivity contribution in [2.75, 3.05) is 0 Å². The lowest BCUT2D eigenvalue weighted by Gasteiger charge is -1.92. The molecule has 0 amide bonds. The smallest absolute Gasteiger partial charge is 0.154 e. The van der Waals surface area contributed by atoms with Crippen LogP contribution in [0.3, 0.4) is 0 Å². The van der Waals surface area contributed by atoms with Crippen LogP contribution in [0.2, 0.25) is 0 Å². The largest absolute Gasteiger partial charge is 0.243 e. The first kappa shape index (κ1) is 5.28. The van der Waals surface area contributed by atoms with Gasteiger partial charge in [0.05, 0.1) is 7.21 Å². The van der Waals surface area contributed by atoms with Crippen LogP contribution in [0.15, 0.2) is 21.2 Å². The zero-order chi connectivity index (χ0) is 9.30. The number of hydrogen-bond donors (Lipinski definition) is 0. The van der Waals surface area contributed by atoms with Gasteiger partial charge in [-0.1, -0.05) is 0 Å².